The number of ether oxygens (including phenoxy) is 2. The van der Waals surface area contributed by atoms with Gasteiger partial charge in [-0.15, -0.1) is 0 Å². The number of nitrogens with two attached hydrogens (primary N) is 1. The van der Waals surface area contributed by atoms with Crippen molar-refractivity contribution in [1.82, 2.24) is 9.97 Å². The van der Waals surface area contributed by atoms with Crippen molar-refractivity contribution in [2.75, 3.05) is 29.9 Å². The Hall–Kier alpha value is -4.14. The van der Waals surface area contributed by atoms with Crippen LogP contribution >= 0.6 is 0 Å². The summed E-state index contributed by atoms with van der Waals surface area (Å²) in [6.07, 6.45) is 5.46. The molecule has 188 valence electrons. The Morgan fingerprint density at radius 1 is 1.06 bits per heavy atom. The molecule has 9 heteroatoms. The molecule has 1 saturated heterocycles. The molecule has 1 fully saturated rings. The van der Waals surface area contributed by atoms with Gasteiger partial charge in [-0.05, 0) is 43.0 Å². The second kappa shape index (κ2) is 12.0. The summed E-state index contributed by atoms with van der Waals surface area (Å²) in [4.78, 5) is 34.6. The molecule has 36 heavy (non-hydrogen) atoms. The average Bonchev–Trinajstić information content (AvgIpc) is 2.87. The van der Waals surface area contributed by atoms with Crippen molar-refractivity contribution in [2.45, 2.75) is 38.7 Å². The number of anilines is 2. The smallest absolute Gasteiger partial charge is 0.229 e. The SMILES string of the molecule is CCOc1ccccc1O[C@@H]1CCCN(c2cncc(NC(=O)Cc3ccc(CC(N)=O)cc3)n2)C1. The van der Waals surface area contributed by atoms with E-state index in [-0.39, 0.29) is 30.8 Å². The van der Waals surface area contributed by atoms with Gasteiger partial charge < -0.3 is 25.4 Å². The number of piperidine rings is 1. The minimum absolute atomic E-state index is 0.0158. The number of para-hydroxylation sites is 2. The predicted molar refractivity (Wildman–Crippen MR) is 137 cm³/mol. The van der Waals surface area contributed by atoms with Gasteiger partial charge in [0.25, 0.3) is 0 Å². The van der Waals surface area contributed by atoms with E-state index in [1.165, 1.54) is 6.20 Å². The summed E-state index contributed by atoms with van der Waals surface area (Å²) in [7, 11) is 0. The molecule has 0 radical (unpaired) electrons. The fraction of sp³-hybridized carbons (Fsp3) is 0.333. The van der Waals surface area contributed by atoms with E-state index in [1.54, 1.807) is 18.3 Å². The maximum atomic E-state index is 12.6. The first kappa shape index (κ1) is 25.0. The number of nitrogens with zero attached hydrogens (tertiary/aromatic N) is 3. The van der Waals surface area contributed by atoms with Crippen LogP contribution in [0.15, 0.2) is 60.9 Å². The van der Waals surface area contributed by atoms with Crippen molar-refractivity contribution in [3.8, 4) is 11.5 Å². The summed E-state index contributed by atoms with van der Waals surface area (Å²) in [6.45, 7) is 4.01. The zero-order valence-corrected chi connectivity index (χ0v) is 20.4. The van der Waals surface area contributed by atoms with Gasteiger partial charge in [-0.3, -0.25) is 14.6 Å². The third-order valence-corrected chi connectivity index (χ3v) is 5.80. The van der Waals surface area contributed by atoms with Gasteiger partial charge in [-0.2, -0.15) is 0 Å². The second-order valence-corrected chi connectivity index (χ2v) is 8.65. The lowest BCUT2D eigenvalue weighted by molar-refractivity contribution is -0.117. The van der Waals surface area contributed by atoms with Crippen molar-refractivity contribution >= 4 is 23.5 Å². The Morgan fingerprint density at radius 2 is 1.78 bits per heavy atom. The number of primary amides is 1. The molecule has 1 atom stereocenters. The van der Waals surface area contributed by atoms with E-state index in [0.29, 0.717) is 24.8 Å². The maximum absolute atomic E-state index is 12.6. The Morgan fingerprint density at radius 3 is 2.50 bits per heavy atom. The number of carbonyl (C=O) groups excluding carboxylic acids is 2. The van der Waals surface area contributed by atoms with Crippen LogP contribution in [0, 0.1) is 0 Å². The number of benzene rings is 2. The molecule has 3 N–H and O–H groups in total. The largest absolute Gasteiger partial charge is 0.490 e. The average molecular weight is 490 g/mol. The normalized spacial score (nSPS) is 15.2. The topological polar surface area (TPSA) is 120 Å². The van der Waals surface area contributed by atoms with Crippen LogP contribution in [0.3, 0.4) is 0 Å². The molecule has 0 unspecified atom stereocenters. The van der Waals surface area contributed by atoms with Crippen LogP contribution in [-0.4, -0.2) is 47.6 Å². The van der Waals surface area contributed by atoms with Crippen LogP contribution in [0.4, 0.5) is 11.6 Å². The standard InChI is InChI=1S/C27H31N5O4/c1-2-35-22-7-3-4-8-23(22)36-21-6-5-13-32(18-21)26-17-29-16-25(30-26)31-27(34)15-20-11-9-19(10-12-20)14-24(28)33/h3-4,7-12,16-17,21H,2,5-6,13-15,18H2,1H3,(H2,28,33)(H,30,31,34)/t21-/m1/s1. The highest BCUT2D eigenvalue weighted by atomic mass is 16.5. The van der Waals surface area contributed by atoms with Crippen LogP contribution in [0.1, 0.15) is 30.9 Å². The van der Waals surface area contributed by atoms with Crippen LogP contribution < -0.4 is 25.4 Å². The maximum Gasteiger partial charge on any atom is 0.229 e. The van der Waals surface area contributed by atoms with E-state index in [0.717, 1.165) is 42.0 Å². The molecule has 0 spiro atoms. The number of nitrogens with one attached hydrogen (secondary N) is 1. The van der Waals surface area contributed by atoms with Crippen molar-refractivity contribution in [3.63, 3.8) is 0 Å². The van der Waals surface area contributed by atoms with Crippen LogP contribution in [-0.2, 0) is 22.4 Å². The molecule has 1 aliphatic heterocycles. The molecule has 9 nitrogen and oxygen atoms in total. The molecule has 2 heterocycles. The number of rotatable bonds is 10. The van der Waals surface area contributed by atoms with Gasteiger partial charge in [0.05, 0.1) is 38.4 Å². The first-order valence-corrected chi connectivity index (χ1v) is 12.1. The van der Waals surface area contributed by atoms with E-state index in [2.05, 4.69) is 20.2 Å². The van der Waals surface area contributed by atoms with E-state index in [1.807, 2.05) is 43.3 Å². The molecular weight excluding hydrogens is 458 g/mol. The lowest BCUT2D eigenvalue weighted by Crippen LogP contribution is -2.41. The van der Waals surface area contributed by atoms with Gasteiger partial charge in [-0.25, -0.2) is 4.98 Å². The Bertz CT molecular complexity index is 1180. The quantitative estimate of drug-likeness (QED) is 0.449. The van der Waals surface area contributed by atoms with Crippen LogP contribution in [0.25, 0.3) is 0 Å². The summed E-state index contributed by atoms with van der Waals surface area (Å²) >= 11 is 0. The highest BCUT2D eigenvalue weighted by molar-refractivity contribution is 5.91. The first-order chi connectivity index (χ1) is 17.5. The third kappa shape index (κ3) is 6.94. The van der Waals surface area contributed by atoms with Crippen molar-refractivity contribution in [1.29, 1.82) is 0 Å². The van der Waals surface area contributed by atoms with Gasteiger partial charge in [0.1, 0.15) is 11.9 Å². The summed E-state index contributed by atoms with van der Waals surface area (Å²) in [5.41, 5.74) is 6.87. The van der Waals surface area contributed by atoms with Crippen molar-refractivity contribution < 1.29 is 19.1 Å². The van der Waals surface area contributed by atoms with E-state index < -0.39 is 0 Å². The Balaban J connectivity index is 1.35. The molecule has 0 aliphatic carbocycles. The zero-order valence-electron chi connectivity index (χ0n) is 20.4. The first-order valence-electron chi connectivity index (χ1n) is 12.1. The number of amides is 2. The van der Waals surface area contributed by atoms with Gasteiger partial charge in [0, 0.05) is 6.54 Å². The highest BCUT2D eigenvalue weighted by Crippen LogP contribution is 2.30. The molecular formula is C27H31N5O4. The summed E-state index contributed by atoms with van der Waals surface area (Å²) < 4.78 is 12.0. The van der Waals surface area contributed by atoms with E-state index in [4.69, 9.17) is 15.2 Å². The molecule has 0 saturated carbocycles. The molecule has 4 rings (SSSR count). The van der Waals surface area contributed by atoms with E-state index in [9.17, 15) is 9.59 Å². The Kier molecular flexibility index (Phi) is 8.33. The predicted octanol–water partition coefficient (Wildman–Crippen LogP) is 3.13. The lowest BCUT2D eigenvalue weighted by Gasteiger charge is -2.33. The van der Waals surface area contributed by atoms with Gasteiger partial charge >= 0.3 is 0 Å². The lowest BCUT2D eigenvalue weighted by atomic mass is 10.1. The molecule has 2 aromatic carbocycles. The number of hydrogen-bond donors (Lipinski definition) is 2. The van der Waals surface area contributed by atoms with Crippen LogP contribution in [0.5, 0.6) is 11.5 Å². The summed E-state index contributed by atoms with van der Waals surface area (Å²) in [5, 5.41) is 2.83. The van der Waals surface area contributed by atoms with Crippen molar-refractivity contribution in [2.24, 2.45) is 5.73 Å². The molecule has 1 aliphatic rings. The summed E-state index contributed by atoms with van der Waals surface area (Å²) in [5.74, 6) is 1.98. The summed E-state index contributed by atoms with van der Waals surface area (Å²) in [6, 6.07) is 14.9. The number of aromatic nitrogens is 2. The minimum atomic E-state index is -0.388. The van der Waals surface area contributed by atoms with Crippen LogP contribution in [0.2, 0.25) is 0 Å². The number of hydrogen-bond acceptors (Lipinski definition) is 7. The fourth-order valence-electron chi connectivity index (χ4n) is 4.16. The fourth-order valence-corrected chi connectivity index (χ4v) is 4.16. The van der Waals surface area contributed by atoms with E-state index >= 15 is 0 Å². The second-order valence-electron chi connectivity index (χ2n) is 8.65. The molecule has 0 bridgehead atoms. The molecule has 2 amide bonds. The third-order valence-electron chi connectivity index (χ3n) is 5.80. The minimum Gasteiger partial charge on any atom is -0.490 e. The number of carbonyl (C=O) groups is 2. The van der Waals surface area contributed by atoms with Gasteiger partial charge in [0.2, 0.25) is 11.8 Å². The monoisotopic (exact) mass is 489 g/mol. The van der Waals surface area contributed by atoms with Crippen molar-refractivity contribution in [3.05, 3.63) is 72.1 Å². The molecule has 3 aromatic rings. The Labute approximate surface area is 210 Å². The molecule has 1 aromatic heterocycles. The highest BCUT2D eigenvalue weighted by Gasteiger charge is 2.24. The van der Waals surface area contributed by atoms with Gasteiger partial charge in [-0.1, -0.05) is 36.4 Å². The zero-order chi connectivity index (χ0) is 25.3. The van der Waals surface area contributed by atoms with Gasteiger partial charge in [0.15, 0.2) is 17.3 Å².